The van der Waals surface area contributed by atoms with Gasteiger partial charge in [-0.25, -0.2) is 0 Å². The van der Waals surface area contributed by atoms with Crippen LogP contribution < -0.4 is 10.2 Å². The molecule has 1 N–H and O–H groups in total. The summed E-state index contributed by atoms with van der Waals surface area (Å²) in [7, 11) is 0. The average molecular weight is 364 g/mol. The van der Waals surface area contributed by atoms with Gasteiger partial charge in [-0.15, -0.1) is 0 Å². The Morgan fingerprint density at radius 1 is 1.15 bits per heavy atom. The molecule has 1 fully saturated rings. The zero-order valence-electron chi connectivity index (χ0n) is 15.3. The maximum atomic E-state index is 12.5. The highest BCUT2D eigenvalue weighted by molar-refractivity contribution is 5.89. The van der Waals surface area contributed by atoms with E-state index in [9.17, 15) is 9.59 Å². The number of nitrogens with zero attached hydrogens (tertiary/aromatic N) is 3. The number of nitrogens with one attached hydrogen (secondary N) is 1. The smallest absolute Gasteiger partial charge is 0.225 e. The Hall–Kier alpha value is -2.89. The van der Waals surface area contributed by atoms with E-state index in [2.05, 4.69) is 39.5 Å². The Morgan fingerprint density at radius 2 is 2.00 bits per heavy atom. The molecule has 4 rings (SSSR count). The van der Waals surface area contributed by atoms with Gasteiger partial charge in [0.25, 0.3) is 0 Å². The molecule has 27 heavy (non-hydrogen) atoms. The van der Waals surface area contributed by atoms with E-state index in [4.69, 9.17) is 0 Å². The number of para-hydroxylation sites is 1. The largest absolute Gasteiger partial charge is 0.369 e. The zero-order chi connectivity index (χ0) is 18.6. The van der Waals surface area contributed by atoms with Crippen molar-refractivity contribution in [3.63, 3.8) is 0 Å². The predicted molar refractivity (Wildman–Crippen MR) is 103 cm³/mol. The van der Waals surface area contributed by atoms with Gasteiger partial charge in [-0.05, 0) is 30.2 Å². The van der Waals surface area contributed by atoms with Crippen molar-refractivity contribution in [2.45, 2.75) is 19.4 Å². The first-order chi connectivity index (χ1) is 13.2. The molecule has 1 unspecified atom stereocenters. The average Bonchev–Trinajstić information content (AvgIpc) is 3.27. The fourth-order valence-electron chi connectivity index (χ4n) is 3.89. The summed E-state index contributed by atoms with van der Waals surface area (Å²) in [5, 5.41) is 3.01. The fourth-order valence-corrected chi connectivity index (χ4v) is 3.89. The second-order valence-electron chi connectivity index (χ2n) is 7.15. The molecule has 0 aliphatic carbocycles. The van der Waals surface area contributed by atoms with E-state index in [1.54, 1.807) is 11.1 Å². The molecule has 1 saturated heterocycles. The molecule has 1 atom stereocenters. The van der Waals surface area contributed by atoms with Gasteiger partial charge in [0.05, 0.1) is 18.2 Å². The number of carbonyl (C=O) groups excluding carboxylic acids is 2. The van der Waals surface area contributed by atoms with Crippen LogP contribution in [0.5, 0.6) is 0 Å². The maximum absolute atomic E-state index is 12.5. The van der Waals surface area contributed by atoms with Gasteiger partial charge < -0.3 is 15.1 Å². The van der Waals surface area contributed by atoms with Crippen LogP contribution in [-0.2, 0) is 22.6 Å². The van der Waals surface area contributed by atoms with Gasteiger partial charge in [0, 0.05) is 44.5 Å². The van der Waals surface area contributed by atoms with Gasteiger partial charge in [0.1, 0.15) is 0 Å². The third kappa shape index (κ3) is 3.94. The molecule has 3 heterocycles. The molecule has 1 aromatic carbocycles. The van der Waals surface area contributed by atoms with Crippen LogP contribution >= 0.6 is 0 Å². The van der Waals surface area contributed by atoms with Crippen LogP contribution in [0.1, 0.15) is 17.7 Å². The van der Waals surface area contributed by atoms with Crippen molar-refractivity contribution in [3.05, 3.63) is 59.9 Å². The van der Waals surface area contributed by atoms with E-state index >= 15 is 0 Å². The van der Waals surface area contributed by atoms with Crippen molar-refractivity contribution in [3.8, 4) is 0 Å². The van der Waals surface area contributed by atoms with Gasteiger partial charge in [0.2, 0.25) is 11.8 Å². The van der Waals surface area contributed by atoms with Gasteiger partial charge >= 0.3 is 0 Å². The summed E-state index contributed by atoms with van der Waals surface area (Å²) in [6, 6.07) is 14.1. The Kier molecular flexibility index (Phi) is 5.05. The third-order valence-corrected chi connectivity index (χ3v) is 5.33. The van der Waals surface area contributed by atoms with E-state index in [0.29, 0.717) is 19.6 Å². The first kappa shape index (κ1) is 17.5. The van der Waals surface area contributed by atoms with Gasteiger partial charge in [-0.3, -0.25) is 14.6 Å². The Balaban J connectivity index is 1.25. The topological polar surface area (TPSA) is 65.5 Å². The van der Waals surface area contributed by atoms with Crippen molar-refractivity contribution in [2.75, 3.05) is 31.1 Å². The molecule has 140 valence electrons. The number of pyridine rings is 1. The highest BCUT2D eigenvalue weighted by Crippen LogP contribution is 2.26. The molecule has 2 aliphatic heterocycles. The lowest BCUT2D eigenvalue weighted by molar-refractivity contribution is -0.129. The molecular formula is C21H24N4O2. The molecule has 2 aliphatic rings. The number of hydrogen-bond acceptors (Lipinski definition) is 4. The van der Waals surface area contributed by atoms with Crippen molar-refractivity contribution in [1.29, 1.82) is 0 Å². The maximum Gasteiger partial charge on any atom is 0.225 e. The summed E-state index contributed by atoms with van der Waals surface area (Å²) in [5.41, 5.74) is 3.49. The van der Waals surface area contributed by atoms with Crippen LogP contribution in [0.3, 0.4) is 0 Å². The van der Waals surface area contributed by atoms with E-state index < -0.39 is 0 Å². The summed E-state index contributed by atoms with van der Waals surface area (Å²) >= 11 is 0. The van der Waals surface area contributed by atoms with Gasteiger partial charge in [-0.2, -0.15) is 0 Å². The first-order valence-corrected chi connectivity index (χ1v) is 9.49. The number of anilines is 1. The zero-order valence-corrected chi connectivity index (χ0v) is 15.3. The molecule has 2 amide bonds. The Morgan fingerprint density at radius 3 is 2.85 bits per heavy atom. The first-order valence-electron chi connectivity index (χ1n) is 9.49. The van der Waals surface area contributed by atoms with E-state index in [0.717, 1.165) is 25.2 Å². The quantitative estimate of drug-likeness (QED) is 0.846. The SMILES string of the molecule is O=C(NCCN1CCc2ccccc21)C1CC(=O)N(Cc2ccccn2)C1. The third-order valence-electron chi connectivity index (χ3n) is 5.33. The van der Waals surface area contributed by atoms with Crippen LogP contribution in [0, 0.1) is 5.92 Å². The normalized spacial score (nSPS) is 18.7. The molecule has 1 aromatic heterocycles. The number of hydrogen-bond donors (Lipinski definition) is 1. The lowest BCUT2D eigenvalue weighted by Crippen LogP contribution is -2.38. The van der Waals surface area contributed by atoms with Crippen LogP contribution in [0.4, 0.5) is 5.69 Å². The van der Waals surface area contributed by atoms with Crippen LogP contribution in [0.2, 0.25) is 0 Å². The second kappa shape index (κ2) is 7.78. The number of amides is 2. The number of aromatic nitrogens is 1. The minimum atomic E-state index is -0.271. The van der Waals surface area contributed by atoms with Crippen LogP contribution in [-0.4, -0.2) is 47.9 Å². The molecule has 6 nitrogen and oxygen atoms in total. The number of carbonyl (C=O) groups is 2. The molecular weight excluding hydrogens is 340 g/mol. The monoisotopic (exact) mass is 364 g/mol. The van der Waals surface area contributed by atoms with Gasteiger partial charge in [0.15, 0.2) is 0 Å². The van der Waals surface area contributed by atoms with Gasteiger partial charge in [-0.1, -0.05) is 24.3 Å². The highest BCUT2D eigenvalue weighted by Gasteiger charge is 2.34. The van der Waals surface area contributed by atoms with Crippen molar-refractivity contribution >= 4 is 17.5 Å². The van der Waals surface area contributed by atoms with Crippen LogP contribution in [0.25, 0.3) is 0 Å². The van der Waals surface area contributed by atoms with E-state index in [-0.39, 0.29) is 24.2 Å². The summed E-state index contributed by atoms with van der Waals surface area (Å²) in [6.45, 7) is 3.32. The molecule has 0 bridgehead atoms. The molecule has 2 aromatic rings. The Bertz CT molecular complexity index is 824. The predicted octanol–water partition coefficient (Wildman–Crippen LogP) is 1.61. The minimum Gasteiger partial charge on any atom is -0.369 e. The van der Waals surface area contributed by atoms with E-state index in [1.165, 1.54) is 11.3 Å². The number of fused-ring (bicyclic) bond motifs is 1. The second-order valence-corrected chi connectivity index (χ2v) is 7.15. The fraction of sp³-hybridized carbons (Fsp3) is 0.381. The number of rotatable bonds is 6. The molecule has 0 radical (unpaired) electrons. The molecule has 0 saturated carbocycles. The molecule has 0 spiro atoms. The minimum absolute atomic E-state index is 0.0225. The highest BCUT2D eigenvalue weighted by atomic mass is 16.2. The summed E-state index contributed by atoms with van der Waals surface area (Å²) in [6.07, 6.45) is 3.06. The number of benzene rings is 1. The standard InChI is InChI=1S/C21H24N4O2/c26-20-13-17(14-25(20)15-18-6-3-4-9-22-18)21(27)23-10-12-24-11-8-16-5-1-2-7-19(16)24/h1-7,9,17H,8,10-15H2,(H,23,27). The Labute approximate surface area is 159 Å². The lowest BCUT2D eigenvalue weighted by Gasteiger charge is -2.20. The van der Waals surface area contributed by atoms with Crippen LogP contribution in [0.15, 0.2) is 48.7 Å². The summed E-state index contributed by atoms with van der Waals surface area (Å²) < 4.78 is 0. The van der Waals surface area contributed by atoms with Crippen molar-refractivity contribution in [1.82, 2.24) is 15.2 Å². The summed E-state index contributed by atoms with van der Waals surface area (Å²) in [5.74, 6) is -0.277. The number of likely N-dealkylation sites (tertiary alicyclic amines) is 1. The molecule has 6 heteroatoms. The van der Waals surface area contributed by atoms with Crippen molar-refractivity contribution in [2.24, 2.45) is 5.92 Å². The lowest BCUT2D eigenvalue weighted by atomic mass is 10.1. The van der Waals surface area contributed by atoms with Crippen molar-refractivity contribution < 1.29 is 9.59 Å². The van der Waals surface area contributed by atoms with E-state index in [1.807, 2.05) is 18.2 Å². The summed E-state index contributed by atoms with van der Waals surface area (Å²) in [4.78, 5) is 33.0.